The Labute approximate surface area is 257 Å². The van der Waals surface area contributed by atoms with Crippen LogP contribution in [0.2, 0.25) is 0 Å². The third kappa shape index (κ3) is 6.50. The number of halogens is 2. The minimum absolute atomic E-state index is 0.0567. The average molecular weight is 651 g/mol. The smallest absolute Gasteiger partial charge is 0.248 e. The van der Waals surface area contributed by atoms with E-state index in [4.69, 9.17) is 0 Å². The molecule has 1 saturated heterocycles. The Morgan fingerprint density at radius 1 is 1.12 bits per heavy atom. The molecule has 0 saturated carbocycles. The summed E-state index contributed by atoms with van der Waals surface area (Å²) in [6.45, 7) is 4.73. The summed E-state index contributed by atoms with van der Waals surface area (Å²) in [7, 11) is 3.50. The number of carbonyl (C=O) groups excluding carboxylic acids is 3. The Morgan fingerprint density at radius 3 is 2.51 bits per heavy atom. The second kappa shape index (κ2) is 11.9. The van der Waals surface area contributed by atoms with Crippen molar-refractivity contribution in [2.24, 2.45) is 0 Å². The number of pyridine rings is 1. The molecule has 1 aromatic carbocycles. The van der Waals surface area contributed by atoms with E-state index in [1.54, 1.807) is 68.1 Å². The van der Waals surface area contributed by atoms with Gasteiger partial charge in [-0.15, -0.1) is 0 Å². The van der Waals surface area contributed by atoms with Gasteiger partial charge >= 0.3 is 0 Å². The number of alkyl halides is 1. The van der Waals surface area contributed by atoms with Crippen molar-refractivity contribution in [3.63, 3.8) is 0 Å². The van der Waals surface area contributed by atoms with Gasteiger partial charge < -0.3 is 19.7 Å². The fraction of sp³-hybridized carbons (Fsp3) is 0.355. The fourth-order valence-corrected chi connectivity index (χ4v) is 5.92. The number of anilines is 1. The van der Waals surface area contributed by atoms with E-state index in [1.807, 2.05) is 18.2 Å². The highest BCUT2D eigenvalue weighted by Crippen LogP contribution is 2.34. The Hall–Kier alpha value is -4.03. The maximum absolute atomic E-state index is 16.1. The van der Waals surface area contributed by atoms with Crippen LogP contribution in [0.3, 0.4) is 0 Å². The molecule has 2 atom stereocenters. The summed E-state index contributed by atoms with van der Waals surface area (Å²) in [6.07, 6.45) is 4.93. The van der Waals surface area contributed by atoms with Crippen LogP contribution in [0.5, 0.6) is 0 Å². The van der Waals surface area contributed by atoms with Crippen LogP contribution >= 0.6 is 15.9 Å². The maximum atomic E-state index is 16.1. The minimum Gasteiger partial charge on any atom is -0.337 e. The van der Waals surface area contributed by atoms with Gasteiger partial charge in [-0.2, -0.15) is 0 Å². The molecule has 4 aromatic rings. The molecule has 0 unspecified atom stereocenters. The minimum atomic E-state index is -1.78. The third-order valence-corrected chi connectivity index (χ3v) is 8.04. The first-order valence-electron chi connectivity index (χ1n) is 13.8. The van der Waals surface area contributed by atoms with E-state index >= 15 is 4.39 Å². The van der Waals surface area contributed by atoms with Gasteiger partial charge in [0.05, 0.1) is 6.54 Å². The summed E-state index contributed by atoms with van der Waals surface area (Å²) in [5.41, 5.74) is 1.71. The maximum Gasteiger partial charge on any atom is 0.248 e. The lowest BCUT2D eigenvalue weighted by molar-refractivity contribution is -0.137. The van der Waals surface area contributed by atoms with Crippen molar-refractivity contribution in [1.82, 2.24) is 29.3 Å². The predicted octanol–water partition coefficient (Wildman–Crippen LogP) is 4.58. The molecular formula is C31H33BrFN7O3. The molecule has 10 nitrogen and oxygen atoms in total. The van der Waals surface area contributed by atoms with Crippen LogP contribution < -0.4 is 5.32 Å². The molecule has 1 aliphatic heterocycles. The Bertz CT molecular complexity index is 1720. The van der Waals surface area contributed by atoms with Gasteiger partial charge in [-0.25, -0.2) is 19.3 Å². The number of carbonyl (C=O) groups is 3. The summed E-state index contributed by atoms with van der Waals surface area (Å²) < 4.78 is 18.3. The molecule has 0 spiro atoms. The van der Waals surface area contributed by atoms with Crippen molar-refractivity contribution in [3.05, 3.63) is 70.5 Å². The second-order valence-corrected chi connectivity index (χ2v) is 12.2. The lowest BCUT2D eigenvalue weighted by atomic mass is 10.0. The van der Waals surface area contributed by atoms with Crippen molar-refractivity contribution < 1.29 is 18.8 Å². The second-order valence-electron chi connectivity index (χ2n) is 11.4. The molecule has 43 heavy (non-hydrogen) atoms. The number of Topliss-reactive ketones (excluding diaryl/α,β-unsaturated/α-hetero) is 1. The lowest BCUT2D eigenvalue weighted by Crippen LogP contribution is -2.45. The van der Waals surface area contributed by atoms with Crippen LogP contribution in [-0.4, -0.2) is 85.8 Å². The van der Waals surface area contributed by atoms with Gasteiger partial charge in [0.2, 0.25) is 11.8 Å². The monoisotopic (exact) mass is 649 g/mol. The molecule has 5 rings (SSSR count). The number of hydrogen-bond donors (Lipinski definition) is 1. The van der Waals surface area contributed by atoms with Crippen LogP contribution in [0.15, 0.2) is 53.5 Å². The molecule has 3 aromatic heterocycles. The summed E-state index contributed by atoms with van der Waals surface area (Å²) in [6, 6.07) is 8.12. The van der Waals surface area contributed by atoms with Crippen molar-refractivity contribution in [2.75, 3.05) is 32.5 Å². The molecule has 4 heterocycles. The number of aryl methyl sites for hydroxylation is 2. The van der Waals surface area contributed by atoms with Crippen LogP contribution in [0, 0.1) is 13.8 Å². The van der Waals surface area contributed by atoms with E-state index in [-0.39, 0.29) is 31.8 Å². The van der Waals surface area contributed by atoms with Crippen LogP contribution in [0.1, 0.15) is 35.1 Å². The molecule has 2 amide bonds. The first-order valence-corrected chi connectivity index (χ1v) is 14.6. The number of rotatable bonds is 8. The first-order chi connectivity index (χ1) is 20.3. The molecule has 1 aliphatic rings. The van der Waals surface area contributed by atoms with E-state index in [2.05, 4.69) is 36.2 Å². The van der Waals surface area contributed by atoms with Crippen molar-refractivity contribution in [3.8, 4) is 11.1 Å². The Kier molecular flexibility index (Phi) is 8.44. The molecule has 12 heteroatoms. The van der Waals surface area contributed by atoms with E-state index in [9.17, 15) is 14.4 Å². The number of fused-ring (bicyclic) bond motifs is 1. The van der Waals surface area contributed by atoms with E-state index in [1.165, 1.54) is 11.8 Å². The van der Waals surface area contributed by atoms with Gasteiger partial charge in [0, 0.05) is 53.6 Å². The number of nitrogens with zero attached hydrogens (tertiary/aromatic N) is 6. The van der Waals surface area contributed by atoms with Gasteiger partial charge in [-0.05, 0) is 80.1 Å². The quantitative estimate of drug-likeness (QED) is 0.219. The van der Waals surface area contributed by atoms with Gasteiger partial charge in [0.1, 0.15) is 34.5 Å². The van der Waals surface area contributed by atoms with Crippen molar-refractivity contribution >= 4 is 50.2 Å². The number of likely N-dealkylation sites (tertiary alicyclic amines) is 1. The van der Waals surface area contributed by atoms with E-state index in [0.29, 0.717) is 32.7 Å². The zero-order valence-electron chi connectivity index (χ0n) is 24.7. The van der Waals surface area contributed by atoms with Crippen molar-refractivity contribution in [1.29, 1.82) is 0 Å². The molecule has 1 N–H and O–H groups in total. The molecule has 1 fully saturated rings. The van der Waals surface area contributed by atoms with E-state index < -0.39 is 23.5 Å². The number of nitrogens with one attached hydrogen (secondary N) is 1. The highest BCUT2D eigenvalue weighted by molar-refractivity contribution is 9.10. The van der Waals surface area contributed by atoms with Gasteiger partial charge in [0.25, 0.3) is 0 Å². The van der Waals surface area contributed by atoms with Gasteiger partial charge in [-0.1, -0.05) is 12.1 Å². The van der Waals surface area contributed by atoms with E-state index in [0.717, 1.165) is 16.7 Å². The number of benzene rings is 1. The van der Waals surface area contributed by atoms with Crippen LogP contribution in [0.4, 0.5) is 10.2 Å². The predicted molar refractivity (Wildman–Crippen MR) is 166 cm³/mol. The number of hydrogen-bond acceptors (Lipinski definition) is 7. The third-order valence-electron chi connectivity index (χ3n) is 7.60. The average Bonchev–Trinajstić information content (AvgIpc) is 3.48. The Balaban J connectivity index is 1.46. The van der Waals surface area contributed by atoms with Gasteiger partial charge in [0.15, 0.2) is 5.78 Å². The lowest BCUT2D eigenvalue weighted by Gasteiger charge is -2.25. The zero-order valence-corrected chi connectivity index (χ0v) is 26.3. The number of aromatic nitrogens is 4. The fourth-order valence-electron chi connectivity index (χ4n) is 5.61. The number of amides is 2. The Morgan fingerprint density at radius 2 is 1.84 bits per heavy atom. The SMILES string of the molecule is CC(=O)c1cn(CC(=O)N2C[C@@](F)(CN(C)C)C[C@H]2C(=O)Nc2nc(Br)ccc2C)c2ccc(-c3cnc(C)nc3)cc12. The summed E-state index contributed by atoms with van der Waals surface area (Å²) in [5, 5.41) is 3.47. The van der Waals surface area contributed by atoms with Crippen molar-refractivity contribution in [2.45, 2.75) is 45.4 Å². The molecule has 0 aliphatic carbocycles. The molecule has 0 bridgehead atoms. The molecular weight excluding hydrogens is 617 g/mol. The van der Waals surface area contributed by atoms with Crippen LogP contribution in [0.25, 0.3) is 22.0 Å². The molecule has 0 radical (unpaired) electrons. The summed E-state index contributed by atoms with van der Waals surface area (Å²) in [4.78, 5) is 55.8. The molecule has 224 valence electrons. The standard InChI is InChI=1S/C31H33BrFN7O3/c1-18-6-9-27(32)36-29(18)37-30(43)26-11-31(33,16-38(4)5)17-40(26)28(42)15-39-14-24(19(2)41)23-10-21(7-8-25(23)39)22-12-34-20(3)35-13-22/h6-10,12-14,26H,11,15-17H2,1-5H3,(H,36,37,43)/t26-,31-/m0/s1. The normalized spacial score (nSPS) is 18.4. The highest BCUT2D eigenvalue weighted by Gasteiger charge is 2.49. The summed E-state index contributed by atoms with van der Waals surface area (Å²) >= 11 is 3.31. The largest absolute Gasteiger partial charge is 0.337 e. The zero-order chi connectivity index (χ0) is 31.1. The van der Waals surface area contributed by atoms with Gasteiger partial charge in [-0.3, -0.25) is 14.4 Å². The number of ketones is 1. The highest BCUT2D eigenvalue weighted by atomic mass is 79.9. The van der Waals surface area contributed by atoms with Crippen LogP contribution in [-0.2, 0) is 16.1 Å². The summed E-state index contributed by atoms with van der Waals surface area (Å²) in [5.74, 6) is -0.100. The topological polar surface area (TPSA) is 113 Å². The first kappa shape index (κ1) is 30.4.